The highest BCUT2D eigenvalue weighted by molar-refractivity contribution is 5.26. The van der Waals surface area contributed by atoms with Crippen molar-refractivity contribution in [2.24, 2.45) is 0 Å². The summed E-state index contributed by atoms with van der Waals surface area (Å²) < 4.78 is 37.6. The minimum absolute atomic E-state index is 0.315. The first-order valence-corrected chi connectivity index (χ1v) is 3.09. The van der Waals surface area contributed by atoms with Crippen LogP contribution in [0.25, 0.3) is 0 Å². The molecule has 0 saturated carbocycles. The van der Waals surface area contributed by atoms with Gasteiger partial charge in [0.25, 0.3) is 0 Å². The fourth-order valence-electron chi connectivity index (χ4n) is 0.807. The summed E-state index contributed by atoms with van der Waals surface area (Å²) in [5.74, 6) is -2.90. The third-order valence-corrected chi connectivity index (χ3v) is 1.37. The van der Waals surface area contributed by atoms with Crippen LogP contribution in [0.3, 0.4) is 0 Å². The molecular formula is C8H6F3. The van der Waals surface area contributed by atoms with E-state index in [9.17, 15) is 13.2 Å². The van der Waals surface area contributed by atoms with Gasteiger partial charge in [-0.1, -0.05) is 6.92 Å². The van der Waals surface area contributed by atoms with Crippen molar-refractivity contribution in [3.05, 3.63) is 41.6 Å². The summed E-state index contributed by atoms with van der Waals surface area (Å²) in [5, 5.41) is 0. The first-order chi connectivity index (χ1) is 5.16. The Balaban J connectivity index is 3.29. The van der Waals surface area contributed by atoms with Crippen LogP contribution in [0.15, 0.2) is 12.1 Å². The minimum atomic E-state index is -1.13. The highest BCUT2D eigenvalue weighted by Crippen LogP contribution is 2.16. The van der Waals surface area contributed by atoms with E-state index in [1.807, 2.05) is 0 Å². The lowest BCUT2D eigenvalue weighted by Gasteiger charge is -2.00. The molecule has 0 aliphatic heterocycles. The molecule has 1 rings (SSSR count). The third-order valence-electron chi connectivity index (χ3n) is 1.37. The van der Waals surface area contributed by atoms with Gasteiger partial charge >= 0.3 is 0 Å². The summed E-state index contributed by atoms with van der Waals surface area (Å²) >= 11 is 0. The van der Waals surface area contributed by atoms with E-state index < -0.39 is 17.5 Å². The number of halogens is 3. The van der Waals surface area contributed by atoms with Gasteiger partial charge in [-0.15, -0.1) is 0 Å². The van der Waals surface area contributed by atoms with Crippen molar-refractivity contribution in [3.63, 3.8) is 0 Å². The maximum Gasteiger partial charge on any atom is 0.165 e. The molecule has 0 saturated heterocycles. The molecule has 0 amide bonds. The van der Waals surface area contributed by atoms with E-state index in [4.69, 9.17) is 0 Å². The van der Waals surface area contributed by atoms with Crippen molar-refractivity contribution in [2.75, 3.05) is 0 Å². The Kier molecular flexibility index (Phi) is 2.17. The van der Waals surface area contributed by atoms with E-state index in [1.54, 1.807) is 0 Å². The van der Waals surface area contributed by atoms with Crippen LogP contribution in [-0.2, 0) is 0 Å². The smallest absolute Gasteiger partial charge is 0.165 e. The van der Waals surface area contributed by atoms with Gasteiger partial charge in [0.05, 0.1) is 0 Å². The van der Waals surface area contributed by atoms with Gasteiger partial charge in [-0.2, -0.15) is 0 Å². The Labute approximate surface area is 62.7 Å². The van der Waals surface area contributed by atoms with Crippen LogP contribution in [0.5, 0.6) is 0 Å². The van der Waals surface area contributed by atoms with Crippen LogP contribution in [0.2, 0.25) is 0 Å². The molecule has 11 heavy (non-hydrogen) atoms. The first-order valence-electron chi connectivity index (χ1n) is 3.09. The molecule has 1 aromatic rings. The molecule has 0 bridgehead atoms. The Morgan fingerprint density at radius 3 is 2.09 bits per heavy atom. The molecule has 0 heterocycles. The predicted molar refractivity (Wildman–Crippen MR) is 35.4 cm³/mol. The Hall–Kier alpha value is -0.990. The van der Waals surface area contributed by atoms with Gasteiger partial charge < -0.3 is 0 Å². The normalized spacial score (nSPS) is 10.2. The Bertz CT molecular complexity index is 268. The van der Waals surface area contributed by atoms with Crippen LogP contribution >= 0.6 is 0 Å². The number of hydrogen-bond donors (Lipinski definition) is 0. The van der Waals surface area contributed by atoms with Gasteiger partial charge in [-0.05, 0) is 18.6 Å². The van der Waals surface area contributed by atoms with Gasteiger partial charge in [-0.3, -0.25) is 0 Å². The first kappa shape index (κ1) is 8.11. The average Bonchev–Trinajstić information content (AvgIpc) is 1.99. The molecule has 0 aliphatic rings. The second-order valence-electron chi connectivity index (χ2n) is 2.05. The monoisotopic (exact) mass is 159 g/mol. The van der Waals surface area contributed by atoms with Crippen LogP contribution < -0.4 is 0 Å². The van der Waals surface area contributed by atoms with Gasteiger partial charge in [0.1, 0.15) is 5.82 Å². The van der Waals surface area contributed by atoms with Gasteiger partial charge in [0.15, 0.2) is 11.6 Å². The second kappa shape index (κ2) is 2.95. The quantitative estimate of drug-likeness (QED) is 0.552. The van der Waals surface area contributed by atoms with Gasteiger partial charge in [0.2, 0.25) is 0 Å². The minimum Gasteiger partial charge on any atom is -0.207 e. The third kappa shape index (κ3) is 1.37. The lowest BCUT2D eigenvalue weighted by molar-refractivity contribution is 0.488. The zero-order valence-corrected chi connectivity index (χ0v) is 5.87. The lowest BCUT2D eigenvalue weighted by atomic mass is 10.1. The van der Waals surface area contributed by atoms with Crippen molar-refractivity contribution >= 4 is 0 Å². The van der Waals surface area contributed by atoms with Crippen molar-refractivity contribution in [2.45, 2.75) is 6.92 Å². The van der Waals surface area contributed by atoms with E-state index in [2.05, 4.69) is 0 Å². The zero-order chi connectivity index (χ0) is 8.43. The fourth-order valence-corrected chi connectivity index (χ4v) is 0.807. The number of hydrogen-bond acceptors (Lipinski definition) is 0. The SMILES string of the molecule is C[CH]c1c(F)ccc(F)c1F. The molecular weight excluding hydrogens is 153 g/mol. The summed E-state index contributed by atoms with van der Waals surface area (Å²) in [6.07, 6.45) is 1.19. The molecule has 3 heteroatoms. The molecule has 0 aliphatic carbocycles. The van der Waals surface area contributed by atoms with E-state index in [1.165, 1.54) is 13.3 Å². The maximum atomic E-state index is 12.6. The number of rotatable bonds is 1. The molecule has 1 aromatic carbocycles. The van der Waals surface area contributed by atoms with Crippen molar-refractivity contribution in [1.29, 1.82) is 0 Å². The summed E-state index contributed by atoms with van der Waals surface area (Å²) in [6.45, 7) is 1.45. The Morgan fingerprint density at radius 2 is 1.64 bits per heavy atom. The standard InChI is InChI=1S/C8H6F3/c1-2-5-6(9)3-4-7(10)8(5)11/h2-4H,1H3. The summed E-state index contributed by atoms with van der Waals surface area (Å²) in [7, 11) is 0. The van der Waals surface area contributed by atoms with E-state index in [-0.39, 0.29) is 5.56 Å². The highest BCUT2D eigenvalue weighted by Gasteiger charge is 2.10. The Morgan fingerprint density at radius 1 is 1.09 bits per heavy atom. The van der Waals surface area contributed by atoms with Gasteiger partial charge in [0, 0.05) is 5.56 Å². The molecule has 1 radical (unpaired) electrons. The topological polar surface area (TPSA) is 0 Å². The van der Waals surface area contributed by atoms with Crippen molar-refractivity contribution in [1.82, 2.24) is 0 Å². The average molecular weight is 159 g/mol. The van der Waals surface area contributed by atoms with Crippen molar-refractivity contribution < 1.29 is 13.2 Å². The molecule has 0 unspecified atom stereocenters. The van der Waals surface area contributed by atoms with Crippen molar-refractivity contribution in [3.8, 4) is 0 Å². The summed E-state index contributed by atoms with van der Waals surface area (Å²) in [4.78, 5) is 0. The number of benzene rings is 1. The van der Waals surface area contributed by atoms with E-state index >= 15 is 0 Å². The van der Waals surface area contributed by atoms with Gasteiger partial charge in [-0.25, -0.2) is 13.2 Å². The van der Waals surface area contributed by atoms with Crippen LogP contribution in [0.4, 0.5) is 13.2 Å². The lowest BCUT2D eigenvalue weighted by Crippen LogP contribution is -1.94. The molecule has 0 N–H and O–H groups in total. The molecule has 0 fully saturated rings. The largest absolute Gasteiger partial charge is 0.207 e. The van der Waals surface area contributed by atoms with E-state index in [0.29, 0.717) is 0 Å². The summed E-state index contributed by atoms with van der Waals surface area (Å²) in [5.41, 5.74) is -0.315. The summed E-state index contributed by atoms with van der Waals surface area (Å²) in [6, 6.07) is 1.66. The van der Waals surface area contributed by atoms with Crippen LogP contribution in [0, 0.1) is 23.9 Å². The molecule has 59 valence electrons. The molecule has 0 spiro atoms. The molecule has 0 atom stereocenters. The predicted octanol–water partition coefficient (Wildman–Crippen LogP) is 2.68. The maximum absolute atomic E-state index is 12.6. The molecule has 0 nitrogen and oxygen atoms in total. The molecule has 0 aromatic heterocycles. The van der Waals surface area contributed by atoms with E-state index in [0.717, 1.165) is 12.1 Å². The fraction of sp³-hybridized carbons (Fsp3) is 0.125. The van der Waals surface area contributed by atoms with Crippen LogP contribution in [0.1, 0.15) is 12.5 Å². The second-order valence-corrected chi connectivity index (χ2v) is 2.05. The van der Waals surface area contributed by atoms with Crippen LogP contribution in [-0.4, -0.2) is 0 Å². The zero-order valence-electron chi connectivity index (χ0n) is 5.87. The highest BCUT2D eigenvalue weighted by atomic mass is 19.2.